The van der Waals surface area contributed by atoms with Crippen LogP contribution in [-0.4, -0.2) is 113 Å². The molecule has 0 bridgehead atoms. The molecule has 3 aliphatic rings. The molecule has 210 valence electrons. The number of nitrogens with two attached hydrogens (primary N) is 1. The van der Waals surface area contributed by atoms with Crippen molar-refractivity contribution < 1.29 is 14.6 Å². The predicted octanol–water partition coefficient (Wildman–Crippen LogP) is 0.726. The van der Waals surface area contributed by atoms with E-state index in [9.17, 15) is 9.90 Å². The van der Waals surface area contributed by atoms with Gasteiger partial charge >= 0.3 is 0 Å². The minimum atomic E-state index is 0.130. The van der Waals surface area contributed by atoms with Crippen LogP contribution in [-0.2, 0) is 22.4 Å². The maximum Gasteiger partial charge on any atom is 0.228 e. The molecule has 2 saturated heterocycles. The zero-order valence-electron chi connectivity index (χ0n) is 22.6. The molecule has 3 N–H and O–H groups in total. The largest absolute Gasteiger partial charge is 0.395 e. The molecule has 2 fully saturated rings. The Bertz CT molecular complexity index is 1340. The molecule has 0 unspecified atom stereocenters. The highest BCUT2D eigenvalue weighted by molar-refractivity contribution is 5.80. The van der Waals surface area contributed by atoms with E-state index in [1.165, 1.54) is 0 Å². The summed E-state index contributed by atoms with van der Waals surface area (Å²) in [4.78, 5) is 40.0. The number of ether oxygens (including phenoxy) is 1. The summed E-state index contributed by atoms with van der Waals surface area (Å²) in [6.45, 7) is 7.25. The second kappa shape index (κ2) is 11.7. The van der Waals surface area contributed by atoms with Gasteiger partial charge < -0.3 is 30.3 Å². The molecule has 1 amide bonds. The van der Waals surface area contributed by atoms with Crippen LogP contribution in [0.15, 0.2) is 36.7 Å². The number of fused-ring (bicyclic) bond motifs is 1. The number of amides is 1. The molecule has 2 aromatic heterocycles. The van der Waals surface area contributed by atoms with Crippen LogP contribution in [0.4, 0.5) is 23.4 Å². The number of carbonyl (C=O) groups excluding carboxylic acids is 1. The first kappa shape index (κ1) is 26.4. The van der Waals surface area contributed by atoms with Gasteiger partial charge in [-0.1, -0.05) is 12.1 Å². The fraction of sp³-hybridized carbons (Fsp3) is 0.464. The molecule has 0 radical (unpaired) electrons. The van der Waals surface area contributed by atoms with Crippen molar-refractivity contribution in [2.75, 3.05) is 87.7 Å². The first-order valence-corrected chi connectivity index (χ1v) is 13.9. The van der Waals surface area contributed by atoms with Crippen molar-refractivity contribution in [3.05, 3.63) is 47.8 Å². The van der Waals surface area contributed by atoms with E-state index < -0.39 is 0 Å². The summed E-state index contributed by atoms with van der Waals surface area (Å²) in [7, 11) is 0. The molecule has 12 heteroatoms. The Morgan fingerprint density at radius 2 is 1.77 bits per heavy atom. The lowest BCUT2D eigenvalue weighted by molar-refractivity contribution is -0.132. The third-order valence-corrected chi connectivity index (χ3v) is 7.77. The second-order valence-corrected chi connectivity index (χ2v) is 10.3. The van der Waals surface area contributed by atoms with Gasteiger partial charge in [-0.3, -0.25) is 9.69 Å². The lowest BCUT2D eigenvalue weighted by atomic mass is 10.1. The van der Waals surface area contributed by atoms with Crippen molar-refractivity contribution in [2.45, 2.75) is 12.8 Å². The van der Waals surface area contributed by atoms with Crippen molar-refractivity contribution in [3.8, 4) is 11.3 Å². The Labute approximate surface area is 233 Å². The van der Waals surface area contributed by atoms with E-state index in [0.717, 1.165) is 73.0 Å². The number of aromatic nitrogens is 4. The van der Waals surface area contributed by atoms with E-state index in [1.54, 1.807) is 12.4 Å². The predicted molar refractivity (Wildman–Crippen MR) is 151 cm³/mol. The third kappa shape index (κ3) is 5.55. The molecule has 40 heavy (non-hydrogen) atoms. The van der Waals surface area contributed by atoms with Crippen LogP contribution in [0.1, 0.15) is 11.1 Å². The Kier molecular flexibility index (Phi) is 7.71. The van der Waals surface area contributed by atoms with E-state index >= 15 is 0 Å². The lowest BCUT2D eigenvalue weighted by Gasteiger charge is -2.34. The number of hydrogen-bond acceptors (Lipinski definition) is 11. The van der Waals surface area contributed by atoms with E-state index in [-0.39, 0.29) is 18.5 Å². The van der Waals surface area contributed by atoms with Crippen LogP contribution < -0.4 is 15.5 Å². The topological polar surface area (TPSA) is 137 Å². The standard InChI is InChI=1S/C28H35N9O3/c29-27-30-18-21(19-31-27)25-23-4-5-37(26(23)33-28(32-25)36-11-14-40-15-12-36)22-3-1-2-20(16-22)17-24(39)35-8-6-34(7-9-35)10-13-38/h1-3,16,18-19,38H,4-15,17H2,(H2,29,30,31). The van der Waals surface area contributed by atoms with Gasteiger partial charge in [0.15, 0.2) is 0 Å². The SMILES string of the molecule is Nc1ncc(-c2nc(N3CCOCC3)nc3c2CCN3c2cccc(CC(=O)N3CCN(CCO)CC3)c2)cn1. The molecule has 3 aromatic rings. The van der Waals surface area contributed by atoms with Crippen molar-refractivity contribution in [2.24, 2.45) is 0 Å². The minimum absolute atomic E-state index is 0.130. The highest BCUT2D eigenvalue weighted by Crippen LogP contribution is 2.39. The number of aliphatic hydroxyl groups is 1. The molecule has 5 heterocycles. The van der Waals surface area contributed by atoms with Gasteiger partial charge in [0.1, 0.15) is 5.82 Å². The van der Waals surface area contributed by atoms with Gasteiger partial charge in [-0.2, -0.15) is 4.98 Å². The molecule has 6 rings (SSSR count). The number of nitrogens with zero attached hydrogens (tertiary/aromatic N) is 8. The second-order valence-electron chi connectivity index (χ2n) is 10.3. The number of nitrogen functional groups attached to an aromatic ring is 1. The first-order chi connectivity index (χ1) is 19.6. The van der Waals surface area contributed by atoms with E-state index in [4.69, 9.17) is 20.4 Å². The molecular weight excluding hydrogens is 510 g/mol. The highest BCUT2D eigenvalue weighted by atomic mass is 16.5. The van der Waals surface area contributed by atoms with Crippen molar-refractivity contribution in [3.63, 3.8) is 0 Å². The highest BCUT2D eigenvalue weighted by Gasteiger charge is 2.30. The minimum Gasteiger partial charge on any atom is -0.395 e. The monoisotopic (exact) mass is 545 g/mol. The number of piperazine rings is 1. The zero-order chi connectivity index (χ0) is 27.5. The fourth-order valence-corrected chi connectivity index (χ4v) is 5.58. The molecule has 12 nitrogen and oxygen atoms in total. The Morgan fingerprint density at radius 3 is 2.52 bits per heavy atom. The Morgan fingerprint density at radius 1 is 1.00 bits per heavy atom. The van der Waals surface area contributed by atoms with Gasteiger partial charge in [-0.15, -0.1) is 0 Å². The van der Waals surface area contributed by atoms with Crippen molar-refractivity contribution >= 4 is 29.3 Å². The van der Waals surface area contributed by atoms with Gasteiger partial charge in [0, 0.05) is 81.6 Å². The van der Waals surface area contributed by atoms with E-state index in [2.05, 4.69) is 36.8 Å². The van der Waals surface area contributed by atoms with Crippen LogP contribution >= 0.6 is 0 Å². The summed E-state index contributed by atoms with van der Waals surface area (Å²) in [6, 6.07) is 8.18. The number of hydrogen-bond donors (Lipinski definition) is 2. The van der Waals surface area contributed by atoms with Crippen LogP contribution in [0.5, 0.6) is 0 Å². The maximum absolute atomic E-state index is 13.1. The summed E-state index contributed by atoms with van der Waals surface area (Å²) in [6.07, 6.45) is 4.56. The maximum atomic E-state index is 13.1. The van der Waals surface area contributed by atoms with E-state index in [0.29, 0.717) is 45.2 Å². The molecular formula is C28H35N9O3. The number of morpholine rings is 1. The number of aliphatic hydroxyl groups excluding tert-OH is 1. The number of rotatable bonds is 7. The summed E-state index contributed by atoms with van der Waals surface area (Å²) in [5, 5.41) is 9.18. The fourth-order valence-electron chi connectivity index (χ4n) is 5.58. The van der Waals surface area contributed by atoms with Gasteiger partial charge in [0.25, 0.3) is 0 Å². The number of β-amino-alcohol motifs (C(OH)–C–C–N with tert-alkyl or cyclic N) is 1. The average Bonchev–Trinajstić information content (AvgIpc) is 3.42. The summed E-state index contributed by atoms with van der Waals surface area (Å²) >= 11 is 0. The van der Waals surface area contributed by atoms with Crippen LogP contribution in [0.3, 0.4) is 0 Å². The Hall–Kier alpha value is -3.87. The molecule has 0 spiro atoms. The van der Waals surface area contributed by atoms with Crippen LogP contribution in [0, 0.1) is 0 Å². The normalized spacial score (nSPS) is 17.8. The molecule has 3 aliphatic heterocycles. The summed E-state index contributed by atoms with van der Waals surface area (Å²) < 4.78 is 5.55. The van der Waals surface area contributed by atoms with Gasteiger partial charge in [0.2, 0.25) is 17.8 Å². The zero-order valence-corrected chi connectivity index (χ0v) is 22.6. The first-order valence-electron chi connectivity index (χ1n) is 13.9. The Balaban J connectivity index is 1.26. The van der Waals surface area contributed by atoms with Crippen molar-refractivity contribution in [1.29, 1.82) is 0 Å². The van der Waals surface area contributed by atoms with Gasteiger partial charge in [0.05, 0.1) is 31.9 Å². The summed E-state index contributed by atoms with van der Waals surface area (Å²) in [5.74, 6) is 1.88. The lowest BCUT2D eigenvalue weighted by Crippen LogP contribution is -2.49. The molecule has 0 saturated carbocycles. The smallest absolute Gasteiger partial charge is 0.228 e. The van der Waals surface area contributed by atoms with Crippen LogP contribution in [0.25, 0.3) is 11.3 Å². The molecule has 0 atom stereocenters. The number of carbonyl (C=O) groups is 1. The van der Waals surface area contributed by atoms with Gasteiger partial charge in [-0.05, 0) is 24.1 Å². The van der Waals surface area contributed by atoms with Crippen LogP contribution in [0.2, 0.25) is 0 Å². The quantitative estimate of drug-likeness (QED) is 0.435. The average molecular weight is 546 g/mol. The molecule has 1 aromatic carbocycles. The molecule has 0 aliphatic carbocycles. The number of benzene rings is 1. The number of anilines is 4. The van der Waals surface area contributed by atoms with Crippen molar-refractivity contribution in [1.82, 2.24) is 29.7 Å². The summed E-state index contributed by atoms with van der Waals surface area (Å²) in [5.41, 5.74) is 10.4. The third-order valence-electron chi connectivity index (χ3n) is 7.77. The van der Waals surface area contributed by atoms with E-state index in [1.807, 2.05) is 17.0 Å². The van der Waals surface area contributed by atoms with Gasteiger partial charge in [-0.25, -0.2) is 15.0 Å².